The number of pyridine rings is 1. The Morgan fingerprint density at radius 1 is 1.40 bits per heavy atom. The maximum atomic E-state index is 12.5. The fourth-order valence-corrected chi connectivity index (χ4v) is 3.24. The molecular weight excluding hydrogens is 412 g/mol. The molecule has 2 amide bonds. The van der Waals surface area contributed by atoms with Gasteiger partial charge in [0.1, 0.15) is 22.7 Å². The van der Waals surface area contributed by atoms with Crippen LogP contribution in [0.15, 0.2) is 36.5 Å². The molecule has 2 N–H and O–H groups in total. The SMILES string of the molecule is C[C@@H](OC(=O)Nc1c(-c2ccc3c(c2)OCC(=O)N3)nnn1C)c1cccnc1Cl. The van der Waals surface area contributed by atoms with Crippen molar-refractivity contribution >= 4 is 35.1 Å². The van der Waals surface area contributed by atoms with Crippen LogP contribution < -0.4 is 15.4 Å². The van der Waals surface area contributed by atoms with E-state index in [4.69, 9.17) is 21.1 Å². The molecule has 1 aliphatic heterocycles. The predicted octanol–water partition coefficient (Wildman–Crippen LogP) is 3.17. The van der Waals surface area contributed by atoms with E-state index in [1.165, 1.54) is 4.68 Å². The number of anilines is 2. The van der Waals surface area contributed by atoms with Gasteiger partial charge >= 0.3 is 6.09 Å². The number of carbonyl (C=O) groups excluding carboxylic acids is 2. The van der Waals surface area contributed by atoms with E-state index in [1.807, 2.05) is 0 Å². The Kier molecular flexibility index (Phi) is 5.23. The van der Waals surface area contributed by atoms with Crippen molar-refractivity contribution in [3.63, 3.8) is 0 Å². The monoisotopic (exact) mass is 428 g/mol. The molecule has 4 rings (SSSR count). The number of amides is 2. The third kappa shape index (κ3) is 3.90. The molecule has 0 unspecified atom stereocenters. The van der Waals surface area contributed by atoms with Gasteiger partial charge in [-0.15, -0.1) is 5.10 Å². The minimum absolute atomic E-state index is 0.0663. The molecule has 30 heavy (non-hydrogen) atoms. The van der Waals surface area contributed by atoms with Crippen LogP contribution in [0.3, 0.4) is 0 Å². The molecule has 0 saturated heterocycles. The quantitative estimate of drug-likeness (QED) is 0.612. The standard InChI is InChI=1S/C19H17ClN6O4/c1-10(12-4-3-7-21-17(12)20)30-19(28)23-18-16(24-25-26(18)2)11-5-6-13-14(8-11)29-9-15(27)22-13/h3-8,10H,9H2,1-2H3,(H,22,27)(H,23,28)/t10-/m1/s1. The molecule has 0 radical (unpaired) electrons. The van der Waals surface area contributed by atoms with E-state index in [1.54, 1.807) is 50.5 Å². The number of benzene rings is 1. The number of nitrogens with one attached hydrogen (secondary N) is 2. The van der Waals surface area contributed by atoms with Gasteiger partial charge in [-0.3, -0.25) is 10.1 Å². The third-order valence-electron chi connectivity index (χ3n) is 4.44. The summed E-state index contributed by atoms with van der Waals surface area (Å²) in [5, 5.41) is 13.8. The first-order chi connectivity index (χ1) is 14.4. The topological polar surface area (TPSA) is 120 Å². The lowest BCUT2D eigenvalue weighted by molar-refractivity contribution is -0.118. The minimum atomic E-state index is -0.699. The number of hydrogen-bond acceptors (Lipinski definition) is 7. The second-order valence-electron chi connectivity index (χ2n) is 6.51. The molecule has 1 aliphatic rings. The third-order valence-corrected chi connectivity index (χ3v) is 4.76. The molecule has 1 aromatic carbocycles. The lowest BCUT2D eigenvalue weighted by Crippen LogP contribution is -2.25. The van der Waals surface area contributed by atoms with E-state index in [0.717, 1.165) is 0 Å². The van der Waals surface area contributed by atoms with Crippen molar-refractivity contribution in [2.75, 3.05) is 17.2 Å². The van der Waals surface area contributed by atoms with Gasteiger partial charge in [0.2, 0.25) is 0 Å². The number of aryl methyl sites for hydroxylation is 1. The van der Waals surface area contributed by atoms with Crippen LogP contribution in [0.2, 0.25) is 5.15 Å². The zero-order valence-corrected chi connectivity index (χ0v) is 16.8. The highest BCUT2D eigenvalue weighted by atomic mass is 35.5. The van der Waals surface area contributed by atoms with E-state index < -0.39 is 12.2 Å². The highest BCUT2D eigenvalue weighted by Crippen LogP contribution is 2.34. The van der Waals surface area contributed by atoms with Gasteiger partial charge < -0.3 is 14.8 Å². The summed E-state index contributed by atoms with van der Waals surface area (Å²) in [7, 11) is 1.64. The molecule has 10 nitrogen and oxygen atoms in total. The van der Waals surface area contributed by atoms with Crippen LogP contribution in [0.4, 0.5) is 16.3 Å². The minimum Gasteiger partial charge on any atom is -0.482 e. The average molecular weight is 429 g/mol. The normalized spacial score (nSPS) is 13.6. The summed E-state index contributed by atoms with van der Waals surface area (Å²) in [6, 6.07) is 8.60. The molecule has 11 heteroatoms. The van der Waals surface area contributed by atoms with E-state index in [-0.39, 0.29) is 17.7 Å². The molecule has 154 valence electrons. The van der Waals surface area contributed by atoms with Crippen molar-refractivity contribution in [1.82, 2.24) is 20.0 Å². The van der Waals surface area contributed by atoms with Gasteiger partial charge in [-0.1, -0.05) is 28.9 Å². The molecule has 0 fully saturated rings. The van der Waals surface area contributed by atoms with Crippen LogP contribution in [0.5, 0.6) is 5.75 Å². The van der Waals surface area contributed by atoms with Gasteiger partial charge in [-0.2, -0.15) is 0 Å². The van der Waals surface area contributed by atoms with Crippen LogP contribution in [-0.2, 0) is 16.6 Å². The van der Waals surface area contributed by atoms with Crippen molar-refractivity contribution in [3.05, 3.63) is 47.2 Å². The highest BCUT2D eigenvalue weighted by Gasteiger charge is 2.22. The van der Waals surface area contributed by atoms with Crippen LogP contribution in [-0.4, -0.2) is 38.6 Å². The summed E-state index contributed by atoms with van der Waals surface area (Å²) in [6.07, 6.45) is 0.243. The zero-order valence-electron chi connectivity index (χ0n) is 16.0. The maximum Gasteiger partial charge on any atom is 0.413 e. The van der Waals surface area contributed by atoms with Gasteiger partial charge in [0.15, 0.2) is 12.4 Å². The smallest absolute Gasteiger partial charge is 0.413 e. The second-order valence-corrected chi connectivity index (χ2v) is 6.87. The first-order valence-corrected chi connectivity index (χ1v) is 9.35. The Labute approximate surface area is 176 Å². The number of rotatable bonds is 4. The summed E-state index contributed by atoms with van der Waals surface area (Å²) in [4.78, 5) is 27.9. The number of hydrogen-bond donors (Lipinski definition) is 2. The number of halogens is 1. The number of nitrogens with zero attached hydrogens (tertiary/aromatic N) is 4. The number of aromatic nitrogens is 4. The summed E-state index contributed by atoms with van der Waals surface area (Å²) in [5.41, 5.74) is 2.23. The predicted molar refractivity (Wildman–Crippen MR) is 108 cm³/mol. The van der Waals surface area contributed by atoms with Crippen molar-refractivity contribution in [2.24, 2.45) is 7.05 Å². The van der Waals surface area contributed by atoms with Crippen LogP contribution in [0.25, 0.3) is 11.3 Å². The molecule has 0 saturated carbocycles. The average Bonchev–Trinajstić information content (AvgIpc) is 3.08. The van der Waals surface area contributed by atoms with E-state index >= 15 is 0 Å². The van der Waals surface area contributed by atoms with Gasteiger partial charge in [0.25, 0.3) is 5.91 Å². The molecule has 3 aromatic rings. The van der Waals surface area contributed by atoms with E-state index in [0.29, 0.717) is 34.1 Å². The van der Waals surface area contributed by atoms with Crippen LogP contribution in [0.1, 0.15) is 18.6 Å². The molecular formula is C19H17ClN6O4. The van der Waals surface area contributed by atoms with E-state index in [9.17, 15) is 9.59 Å². The van der Waals surface area contributed by atoms with Crippen molar-refractivity contribution in [2.45, 2.75) is 13.0 Å². The molecule has 0 aliphatic carbocycles. The fraction of sp³-hybridized carbons (Fsp3) is 0.211. The molecule has 0 spiro atoms. The van der Waals surface area contributed by atoms with Gasteiger partial charge in [-0.05, 0) is 25.1 Å². The lowest BCUT2D eigenvalue weighted by Gasteiger charge is -2.18. The summed E-state index contributed by atoms with van der Waals surface area (Å²) in [6.45, 7) is 1.63. The van der Waals surface area contributed by atoms with Crippen molar-refractivity contribution in [3.8, 4) is 17.0 Å². The maximum absolute atomic E-state index is 12.5. The first kappa shape index (κ1) is 19.6. The van der Waals surface area contributed by atoms with E-state index in [2.05, 4.69) is 25.9 Å². The fourth-order valence-electron chi connectivity index (χ4n) is 2.97. The van der Waals surface area contributed by atoms with Gasteiger partial charge in [0, 0.05) is 24.4 Å². The highest BCUT2D eigenvalue weighted by molar-refractivity contribution is 6.30. The lowest BCUT2D eigenvalue weighted by atomic mass is 10.1. The Morgan fingerprint density at radius 3 is 3.03 bits per heavy atom. The molecule has 3 heterocycles. The summed E-state index contributed by atoms with van der Waals surface area (Å²) >= 11 is 6.06. The van der Waals surface area contributed by atoms with Crippen molar-refractivity contribution < 1.29 is 19.1 Å². The Bertz CT molecular complexity index is 1130. The molecule has 0 bridgehead atoms. The summed E-state index contributed by atoms with van der Waals surface area (Å²) in [5.74, 6) is 0.623. The first-order valence-electron chi connectivity index (χ1n) is 8.97. The van der Waals surface area contributed by atoms with Crippen molar-refractivity contribution in [1.29, 1.82) is 0 Å². The second kappa shape index (κ2) is 7.99. The summed E-state index contributed by atoms with van der Waals surface area (Å²) < 4.78 is 12.3. The molecule has 2 aromatic heterocycles. The number of carbonyl (C=O) groups is 2. The Hall–Kier alpha value is -3.66. The largest absolute Gasteiger partial charge is 0.482 e. The van der Waals surface area contributed by atoms with Gasteiger partial charge in [-0.25, -0.2) is 14.5 Å². The van der Waals surface area contributed by atoms with Crippen LogP contribution >= 0.6 is 11.6 Å². The molecule has 1 atom stereocenters. The zero-order chi connectivity index (χ0) is 21.3. The number of fused-ring (bicyclic) bond motifs is 1. The Balaban J connectivity index is 1.54. The van der Waals surface area contributed by atoms with Gasteiger partial charge in [0.05, 0.1) is 5.69 Å². The number of ether oxygens (including phenoxy) is 2. The van der Waals surface area contributed by atoms with Crippen LogP contribution in [0, 0.1) is 0 Å². The Morgan fingerprint density at radius 2 is 2.23 bits per heavy atom.